The molecule has 1 atom stereocenters. The number of methoxy groups -OCH3 is 1. The fourth-order valence-electron chi connectivity index (χ4n) is 4.35. The normalized spacial score (nSPS) is 15.3. The Hall–Kier alpha value is -3.86. The van der Waals surface area contributed by atoms with Crippen LogP contribution < -0.4 is 15.1 Å². The van der Waals surface area contributed by atoms with Crippen LogP contribution in [0.3, 0.4) is 0 Å². The van der Waals surface area contributed by atoms with Crippen molar-refractivity contribution in [2.75, 3.05) is 12.0 Å². The molecule has 1 aliphatic heterocycles. The van der Waals surface area contributed by atoms with E-state index in [4.69, 9.17) is 9.15 Å². The quantitative estimate of drug-likeness (QED) is 0.438. The summed E-state index contributed by atoms with van der Waals surface area (Å²) in [4.78, 5) is 28.9. The molecule has 5 rings (SSSR count). The minimum Gasteiger partial charge on any atom is -0.497 e. The molecule has 1 aliphatic rings. The molecule has 0 radical (unpaired) electrons. The highest BCUT2D eigenvalue weighted by molar-refractivity contribution is 6.10. The lowest BCUT2D eigenvalue weighted by atomic mass is 9.96. The summed E-state index contributed by atoms with van der Waals surface area (Å²) in [5.41, 5.74) is 4.33. The molecule has 1 amide bonds. The van der Waals surface area contributed by atoms with Crippen LogP contribution in [0.15, 0.2) is 75.9 Å². The van der Waals surface area contributed by atoms with E-state index in [-0.39, 0.29) is 17.1 Å². The molecule has 5 nitrogen and oxygen atoms in total. The highest BCUT2D eigenvalue weighted by atomic mass is 16.5. The molecule has 5 heteroatoms. The highest BCUT2D eigenvalue weighted by Gasteiger charge is 2.43. The number of aryl methyl sites for hydroxylation is 2. The Kier molecular flexibility index (Phi) is 4.82. The van der Waals surface area contributed by atoms with E-state index < -0.39 is 6.04 Å². The van der Waals surface area contributed by atoms with Crippen molar-refractivity contribution in [1.82, 2.24) is 0 Å². The average Bonchev–Trinajstić information content (AvgIpc) is 3.12. The average molecular weight is 425 g/mol. The number of amides is 1. The maximum Gasteiger partial charge on any atom is 0.295 e. The molecule has 0 spiro atoms. The van der Waals surface area contributed by atoms with Gasteiger partial charge in [-0.2, -0.15) is 0 Å². The molecule has 32 heavy (non-hydrogen) atoms. The van der Waals surface area contributed by atoms with Gasteiger partial charge in [0.25, 0.3) is 5.91 Å². The Labute approximate surface area is 185 Å². The number of hydrogen-bond acceptors (Lipinski definition) is 4. The number of carbonyl (C=O) groups is 1. The number of ether oxygens (including phenoxy) is 1. The number of anilines is 1. The predicted molar refractivity (Wildman–Crippen MR) is 125 cm³/mol. The molecule has 0 aliphatic carbocycles. The molecule has 0 N–H and O–H groups in total. The van der Waals surface area contributed by atoms with Crippen LogP contribution in [0.1, 0.15) is 45.8 Å². The molecule has 0 saturated carbocycles. The monoisotopic (exact) mass is 425 g/mol. The van der Waals surface area contributed by atoms with Crippen LogP contribution in [0.5, 0.6) is 5.75 Å². The van der Waals surface area contributed by atoms with E-state index in [1.807, 2.05) is 55.5 Å². The zero-order valence-electron chi connectivity index (χ0n) is 18.2. The van der Waals surface area contributed by atoms with E-state index in [1.165, 1.54) is 5.56 Å². The molecule has 1 aromatic heterocycles. The Morgan fingerprint density at radius 3 is 2.34 bits per heavy atom. The van der Waals surface area contributed by atoms with E-state index in [0.717, 1.165) is 17.5 Å². The summed E-state index contributed by atoms with van der Waals surface area (Å²) in [5.74, 6) is 0.471. The van der Waals surface area contributed by atoms with Crippen LogP contribution in [0.4, 0.5) is 5.69 Å². The number of fused-ring (bicyclic) bond motifs is 2. The van der Waals surface area contributed by atoms with Gasteiger partial charge < -0.3 is 9.15 Å². The zero-order valence-corrected chi connectivity index (χ0v) is 18.2. The topological polar surface area (TPSA) is 59.8 Å². The molecular formula is C27H23NO4. The minimum absolute atomic E-state index is 0.103. The van der Waals surface area contributed by atoms with E-state index in [0.29, 0.717) is 28.0 Å². The Morgan fingerprint density at radius 1 is 0.969 bits per heavy atom. The number of benzene rings is 3. The smallest absolute Gasteiger partial charge is 0.295 e. The maximum atomic E-state index is 13.6. The molecule has 0 bridgehead atoms. The van der Waals surface area contributed by atoms with E-state index in [2.05, 4.69) is 6.92 Å². The lowest BCUT2D eigenvalue weighted by Gasteiger charge is -2.25. The van der Waals surface area contributed by atoms with Gasteiger partial charge in [-0.05, 0) is 60.9 Å². The lowest BCUT2D eigenvalue weighted by molar-refractivity contribution is 0.0971. The molecule has 0 saturated heterocycles. The van der Waals surface area contributed by atoms with Crippen LogP contribution in [0, 0.1) is 6.92 Å². The van der Waals surface area contributed by atoms with Crippen molar-refractivity contribution in [2.24, 2.45) is 0 Å². The van der Waals surface area contributed by atoms with Gasteiger partial charge >= 0.3 is 0 Å². The van der Waals surface area contributed by atoms with Crippen molar-refractivity contribution in [3.8, 4) is 5.75 Å². The standard InChI is InChI=1S/C27H23NO4/c1-4-17-6-8-18(9-7-17)24-23-25(29)21-15-16(2)5-14-22(21)32-26(23)27(30)28(24)19-10-12-20(31-3)13-11-19/h5-15,24H,4H2,1-3H3. The second kappa shape index (κ2) is 7.68. The first kappa shape index (κ1) is 20.1. The summed E-state index contributed by atoms with van der Waals surface area (Å²) in [6.07, 6.45) is 0.911. The van der Waals surface area contributed by atoms with E-state index in [9.17, 15) is 9.59 Å². The Morgan fingerprint density at radius 2 is 1.69 bits per heavy atom. The highest BCUT2D eigenvalue weighted by Crippen LogP contribution is 2.41. The van der Waals surface area contributed by atoms with Crippen LogP contribution in [0.2, 0.25) is 0 Å². The first-order valence-electron chi connectivity index (χ1n) is 10.7. The molecule has 4 aromatic rings. The van der Waals surface area contributed by atoms with Crippen LogP contribution in [-0.2, 0) is 6.42 Å². The SMILES string of the molecule is CCc1ccc(C2c3c(oc4ccc(C)cc4c3=O)C(=O)N2c2ccc(OC)cc2)cc1. The fraction of sp³-hybridized carbons (Fsp3) is 0.185. The number of carbonyl (C=O) groups excluding carboxylic acids is 1. The third-order valence-electron chi connectivity index (χ3n) is 6.08. The second-order valence-electron chi connectivity index (χ2n) is 8.04. The van der Waals surface area contributed by atoms with Crippen molar-refractivity contribution in [3.05, 3.63) is 105 Å². The van der Waals surface area contributed by atoms with Crippen molar-refractivity contribution in [3.63, 3.8) is 0 Å². The maximum absolute atomic E-state index is 13.6. The van der Waals surface area contributed by atoms with Crippen LogP contribution >= 0.6 is 0 Å². The van der Waals surface area contributed by atoms with Gasteiger partial charge in [-0.1, -0.05) is 42.8 Å². The molecular weight excluding hydrogens is 402 g/mol. The Bertz CT molecular complexity index is 1380. The van der Waals surface area contributed by atoms with Gasteiger partial charge in [0.2, 0.25) is 5.76 Å². The van der Waals surface area contributed by atoms with Gasteiger partial charge in [0, 0.05) is 5.69 Å². The van der Waals surface area contributed by atoms with Gasteiger partial charge in [0.15, 0.2) is 5.43 Å². The fourth-order valence-corrected chi connectivity index (χ4v) is 4.35. The molecule has 3 aromatic carbocycles. The van der Waals surface area contributed by atoms with Gasteiger partial charge in [0.05, 0.1) is 24.1 Å². The van der Waals surface area contributed by atoms with Gasteiger partial charge in [-0.25, -0.2) is 0 Å². The van der Waals surface area contributed by atoms with Gasteiger partial charge in [-0.3, -0.25) is 14.5 Å². The Balaban J connectivity index is 1.77. The zero-order chi connectivity index (χ0) is 22.4. The van der Waals surface area contributed by atoms with Crippen LogP contribution in [-0.4, -0.2) is 13.0 Å². The predicted octanol–water partition coefficient (Wildman–Crippen LogP) is 5.42. The van der Waals surface area contributed by atoms with E-state index >= 15 is 0 Å². The first-order valence-corrected chi connectivity index (χ1v) is 10.7. The summed E-state index contributed by atoms with van der Waals surface area (Å²) >= 11 is 0. The van der Waals surface area contributed by atoms with E-state index in [1.54, 1.807) is 30.2 Å². The van der Waals surface area contributed by atoms with Crippen LogP contribution in [0.25, 0.3) is 11.0 Å². The third-order valence-corrected chi connectivity index (χ3v) is 6.08. The summed E-state index contributed by atoms with van der Waals surface area (Å²) in [5, 5.41) is 0.489. The molecule has 2 heterocycles. The summed E-state index contributed by atoms with van der Waals surface area (Å²) < 4.78 is 11.3. The third kappa shape index (κ3) is 3.09. The first-order chi connectivity index (χ1) is 15.5. The van der Waals surface area contributed by atoms with Crippen molar-refractivity contribution in [2.45, 2.75) is 26.3 Å². The molecule has 160 valence electrons. The number of rotatable bonds is 4. The largest absolute Gasteiger partial charge is 0.497 e. The number of nitrogens with zero attached hydrogens (tertiary/aromatic N) is 1. The van der Waals surface area contributed by atoms with Gasteiger partial charge in [-0.15, -0.1) is 0 Å². The van der Waals surface area contributed by atoms with Crippen molar-refractivity contribution in [1.29, 1.82) is 0 Å². The molecule has 0 fully saturated rings. The molecule has 1 unspecified atom stereocenters. The van der Waals surface area contributed by atoms with Crippen molar-refractivity contribution >= 4 is 22.6 Å². The summed E-state index contributed by atoms with van der Waals surface area (Å²) in [6.45, 7) is 4.03. The van der Waals surface area contributed by atoms with Crippen molar-refractivity contribution < 1.29 is 13.9 Å². The minimum atomic E-state index is -0.571. The summed E-state index contributed by atoms with van der Waals surface area (Å²) in [6, 6.07) is 20.2. The van der Waals surface area contributed by atoms with Gasteiger partial charge in [0.1, 0.15) is 11.3 Å². The summed E-state index contributed by atoms with van der Waals surface area (Å²) in [7, 11) is 1.60. The lowest BCUT2D eigenvalue weighted by Crippen LogP contribution is -2.29. The number of hydrogen-bond donors (Lipinski definition) is 0. The second-order valence-corrected chi connectivity index (χ2v) is 8.04.